The number of H-pyrrole nitrogens is 1. The fourth-order valence-corrected chi connectivity index (χ4v) is 2.17. The van der Waals surface area contributed by atoms with E-state index in [1.807, 2.05) is 30.3 Å². The summed E-state index contributed by atoms with van der Waals surface area (Å²) in [6, 6.07) is 4.30. The number of aromatic nitrogens is 4. The van der Waals surface area contributed by atoms with Crippen molar-refractivity contribution in [1.29, 1.82) is 0 Å². The highest BCUT2D eigenvalue weighted by Crippen LogP contribution is 2.17. The van der Waals surface area contributed by atoms with Crippen molar-refractivity contribution in [2.75, 3.05) is 0 Å². The monoisotopic (exact) mass is 241 g/mol. The number of nitrogens with one attached hydrogen (secondary N) is 1. The van der Waals surface area contributed by atoms with Gasteiger partial charge in [-0.05, 0) is 37.1 Å². The molecular weight excluding hydrogens is 224 g/mol. The van der Waals surface area contributed by atoms with E-state index in [9.17, 15) is 0 Å². The van der Waals surface area contributed by atoms with Gasteiger partial charge in [0.25, 0.3) is 0 Å². The molecule has 0 saturated carbocycles. The first-order valence-corrected chi connectivity index (χ1v) is 6.09. The molecule has 0 unspecified atom stereocenters. The summed E-state index contributed by atoms with van der Waals surface area (Å²) in [4.78, 5) is 8.01. The molecule has 0 amide bonds. The first-order valence-electron chi connectivity index (χ1n) is 6.09. The van der Waals surface area contributed by atoms with Crippen LogP contribution in [0.25, 0.3) is 11.0 Å². The van der Waals surface area contributed by atoms with Crippen LogP contribution in [0.4, 0.5) is 0 Å². The Labute approximate surface area is 106 Å². The van der Waals surface area contributed by atoms with Gasteiger partial charge in [-0.1, -0.05) is 0 Å². The lowest BCUT2D eigenvalue weighted by molar-refractivity contribution is -0.671. The van der Waals surface area contributed by atoms with Crippen molar-refractivity contribution in [2.24, 2.45) is 7.05 Å². The van der Waals surface area contributed by atoms with Gasteiger partial charge in [-0.15, -0.1) is 0 Å². The van der Waals surface area contributed by atoms with E-state index in [-0.39, 0.29) is 0 Å². The van der Waals surface area contributed by atoms with Crippen LogP contribution in [-0.2, 0) is 13.6 Å². The van der Waals surface area contributed by atoms with Gasteiger partial charge >= 0.3 is 0 Å². The number of fused-ring (bicyclic) bond motifs is 1. The molecule has 0 aliphatic heterocycles. The van der Waals surface area contributed by atoms with Crippen LogP contribution in [0.5, 0.6) is 0 Å². The predicted molar refractivity (Wildman–Crippen MR) is 70.3 cm³/mol. The number of hydrogen-bond acceptors (Lipinski definition) is 1. The van der Waals surface area contributed by atoms with E-state index in [1.165, 1.54) is 11.1 Å². The van der Waals surface area contributed by atoms with E-state index < -0.39 is 0 Å². The fourth-order valence-electron chi connectivity index (χ4n) is 2.17. The molecule has 0 saturated heterocycles. The van der Waals surface area contributed by atoms with Crippen molar-refractivity contribution in [3.05, 3.63) is 47.8 Å². The van der Waals surface area contributed by atoms with Crippen LogP contribution in [0, 0.1) is 13.8 Å². The van der Waals surface area contributed by atoms with Crippen molar-refractivity contribution < 1.29 is 4.57 Å². The van der Waals surface area contributed by atoms with Crippen LogP contribution in [0.1, 0.15) is 17.0 Å². The zero-order valence-electron chi connectivity index (χ0n) is 10.9. The van der Waals surface area contributed by atoms with Gasteiger partial charge in [-0.2, -0.15) is 0 Å². The first-order chi connectivity index (χ1) is 8.61. The Morgan fingerprint density at radius 3 is 2.78 bits per heavy atom. The van der Waals surface area contributed by atoms with Gasteiger partial charge in [-0.3, -0.25) is 0 Å². The molecule has 18 heavy (non-hydrogen) atoms. The largest absolute Gasteiger partial charge is 0.339 e. The molecule has 1 N–H and O–H groups in total. The zero-order valence-corrected chi connectivity index (χ0v) is 10.9. The topological polar surface area (TPSA) is 37.5 Å². The van der Waals surface area contributed by atoms with Crippen molar-refractivity contribution in [3.8, 4) is 0 Å². The third-order valence-electron chi connectivity index (χ3n) is 3.30. The van der Waals surface area contributed by atoms with E-state index in [2.05, 4.69) is 40.5 Å². The third kappa shape index (κ3) is 1.90. The molecule has 0 atom stereocenters. The summed E-state index contributed by atoms with van der Waals surface area (Å²) in [6.45, 7) is 5.02. The normalized spacial score (nSPS) is 11.3. The molecule has 2 aromatic heterocycles. The molecule has 92 valence electrons. The Hall–Kier alpha value is -2.10. The van der Waals surface area contributed by atoms with Gasteiger partial charge in [0.05, 0.1) is 18.1 Å². The number of aryl methyl sites for hydroxylation is 3. The lowest BCUT2D eigenvalue weighted by Gasteiger charge is -1.97. The summed E-state index contributed by atoms with van der Waals surface area (Å²) in [5.41, 5.74) is 4.74. The van der Waals surface area contributed by atoms with Crippen LogP contribution in [0.2, 0.25) is 0 Å². The average molecular weight is 241 g/mol. The third-order valence-corrected chi connectivity index (χ3v) is 3.30. The molecule has 0 radical (unpaired) electrons. The smallest absolute Gasteiger partial charge is 0.243 e. The van der Waals surface area contributed by atoms with Gasteiger partial charge in [0.15, 0.2) is 0 Å². The maximum absolute atomic E-state index is 4.63. The van der Waals surface area contributed by atoms with Crippen LogP contribution in [0.3, 0.4) is 0 Å². The predicted octanol–water partition coefficient (Wildman–Crippen LogP) is 1.85. The number of benzene rings is 1. The minimum atomic E-state index is 0.771. The summed E-state index contributed by atoms with van der Waals surface area (Å²) in [6.07, 6.45) is 6.12. The van der Waals surface area contributed by atoms with Crippen molar-refractivity contribution >= 4 is 11.0 Å². The van der Waals surface area contributed by atoms with Gasteiger partial charge in [0, 0.05) is 0 Å². The molecular formula is C14H17N4+. The Bertz CT molecular complexity index is 667. The molecule has 0 aliphatic carbocycles. The Balaban J connectivity index is 1.98. The number of nitrogens with zero attached hydrogens (tertiary/aromatic N) is 3. The fraction of sp³-hybridized carbons (Fsp3) is 0.286. The standard InChI is InChI=1S/C14H17N4/c1-10-6-12-13(7-11(10)2)16-14(15-12)8-18-5-4-17(3)9-18/h4-7,9H,8H2,1-3H3,(H,15,16)/q+1. The Kier molecular flexibility index (Phi) is 2.44. The second-order valence-corrected chi connectivity index (χ2v) is 4.89. The summed E-state index contributed by atoms with van der Waals surface area (Å²) in [5.74, 6) is 0.992. The molecule has 0 fully saturated rings. The summed E-state index contributed by atoms with van der Waals surface area (Å²) in [5, 5.41) is 0. The van der Waals surface area contributed by atoms with Crippen molar-refractivity contribution in [1.82, 2.24) is 14.5 Å². The highest BCUT2D eigenvalue weighted by atomic mass is 15.1. The van der Waals surface area contributed by atoms with E-state index in [0.717, 1.165) is 23.4 Å². The van der Waals surface area contributed by atoms with Crippen LogP contribution < -0.4 is 4.57 Å². The molecule has 1 aromatic carbocycles. The number of hydrogen-bond donors (Lipinski definition) is 1. The number of aromatic amines is 1. The second kappa shape index (κ2) is 3.98. The van der Waals surface area contributed by atoms with Crippen molar-refractivity contribution in [3.63, 3.8) is 0 Å². The molecule has 0 spiro atoms. The van der Waals surface area contributed by atoms with Crippen molar-refractivity contribution in [2.45, 2.75) is 20.4 Å². The highest BCUT2D eigenvalue weighted by molar-refractivity contribution is 5.77. The lowest BCUT2D eigenvalue weighted by Crippen LogP contribution is -2.23. The molecule has 4 nitrogen and oxygen atoms in total. The van der Waals surface area contributed by atoms with E-state index >= 15 is 0 Å². The minimum Gasteiger partial charge on any atom is -0.339 e. The van der Waals surface area contributed by atoms with Gasteiger partial charge in [-0.25, -0.2) is 14.1 Å². The highest BCUT2D eigenvalue weighted by Gasteiger charge is 2.08. The Morgan fingerprint density at radius 2 is 2.06 bits per heavy atom. The Morgan fingerprint density at radius 1 is 1.28 bits per heavy atom. The van der Waals surface area contributed by atoms with Crippen LogP contribution in [0.15, 0.2) is 30.9 Å². The van der Waals surface area contributed by atoms with Gasteiger partial charge < -0.3 is 4.98 Å². The molecule has 2 heterocycles. The minimum absolute atomic E-state index is 0.771. The molecule has 0 bridgehead atoms. The van der Waals surface area contributed by atoms with Gasteiger partial charge in [0.1, 0.15) is 24.8 Å². The SMILES string of the molecule is Cc1cc2nc(Cn3cc[n+](C)c3)[nH]c2cc1C. The molecule has 4 heteroatoms. The summed E-state index contributed by atoms with van der Waals surface area (Å²) >= 11 is 0. The van der Waals surface area contributed by atoms with Crippen LogP contribution in [-0.4, -0.2) is 14.5 Å². The number of rotatable bonds is 2. The second-order valence-electron chi connectivity index (χ2n) is 4.89. The maximum Gasteiger partial charge on any atom is 0.243 e. The zero-order chi connectivity index (χ0) is 12.7. The molecule has 3 aromatic rings. The first kappa shape index (κ1) is 11.0. The summed E-state index contributed by atoms with van der Waals surface area (Å²) < 4.78 is 4.13. The average Bonchev–Trinajstić information content (AvgIpc) is 2.86. The quantitative estimate of drug-likeness (QED) is 0.683. The van der Waals surface area contributed by atoms with Gasteiger partial charge in [0.2, 0.25) is 6.33 Å². The number of imidazole rings is 2. The lowest BCUT2D eigenvalue weighted by atomic mass is 10.1. The van der Waals surface area contributed by atoms with E-state index in [1.54, 1.807) is 0 Å². The van der Waals surface area contributed by atoms with E-state index in [0.29, 0.717) is 0 Å². The maximum atomic E-state index is 4.63. The molecule has 3 rings (SSSR count). The van der Waals surface area contributed by atoms with E-state index in [4.69, 9.17) is 0 Å². The van der Waals surface area contributed by atoms with Crippen LogP contribution >= 0.6 is 0 Å². The molecule has 0 aliphatic rings. The summed E-state index contributed by atoms with van der Waals surface area (Å²) in [7, 11) is 2.02.